The lowest BCUT2D eigenvalue weighted by atomic mass is 9.73. The van der Waals surface area contributed by atoms with Crippen molar-refractivity contribution in [3.8, 4) is 12.8 Å². The standard InChI is InChI=1S/C17H31NO3.C4H8.C2H6.C2H2.CH4O/c1-16(2)12-14(13-17(3,4)18(16)21)8-5-6-9-15(20)10-7-11-19;1-3-4-2;3*1-2/h7,10,14,19,21H,5-6,8-9,11-13H2,1-4H3;3H,1,4H2,2H3;1-2H3;1-2H;2H,1H3/b10-7+;;;;. The molecule has 0 spiro atoms. The molecule has 1 fully saturated rings. The van der Waals surface area contributed by atoms with Crippen LogP contribution in [0.15, 0.2) is 24.8 Å². The maximum absolute atomic E-state index is 11.5. The van der Waals surface area contributed by atoms with Crippen LogP contribution in [0.4, 0.5) is 0 Å². The summed E-state index contributed by atoms with van der Waals surface area (Å²) in [5, 5.41) is 27.4. The highest BCUT2D eigenvalue weighted by atomic mass is 16.5. The van der Waals surface area contributed by atoms with Crippen molar-refractivity contribution >= 4 is 5.78 Å². The van der Waals surface area contributed by atoms with E-state index in [9.17, 15) is 10.0 Å². The number of carbonyl (C=O) groups excluding carboxylic acids is 1. The van der Waals surface area contributed by atoms with Gasteiger partial charge in [-0.05, 0) is 65.4 Å². The van der Waals surface area contributed by atoms with Crippen LogP contribution < -0.4 is 0 Å². The molecule has 31 heavy (non-hydrogen) atoms. The van der Waals surface area contributed by atoms with E-state index in [2.05, 4.69) is 54.0 Å². The molecule has 5 heteroatoms. The average Bonchev–Trinajstić information content (AvgIpc) is 2.77. The molecule has 1 heterocycles. The molecule has 0 unspecified atom stereocenters. The molecule has 1 aliphatic rings. The number of hydrogen-bond donors (Lipinski definition) is 3. The quantitative estimate of drug-likeness (QED) is 0.192. The third kappa shape index (κ3) is 19.0. The number of nitrogens with zero attached hydrogens (tertiary/aromatic N) is 1. The van der Waals surface area contributed by atoms with Crippen molar-refractivity contribution in [1.29, 1.82) is 0 Å². The van der Waals surface area contributed by atoms with Gasteiger partial charge in [-0.25, -0.2) is 0 Å². The van der Waals surface area contributed by atoms with E-state index in [0.717, 1.165) is 45.6 Å². The van der Waals surface area contributed by atoms with Crippen LogP contribution in [-0.2, 0) is 4.79 Å². The number of hydrogen-bond acceptors (Lipinski definition) is 5. The molecule has 184 valence electrons. The van der Waals surface area contributed by atoms with Gasteiger partial charge in [-0.15, -0.1) is 19.4 Å². The Morgan fingerprint density at radius 1 is 1.10 bits per heavy atom. The molecule has 0 radical (unpaired) electrons. The highest BCUT2D eigenvalue weighted by molar-refractivity contribution is 5.89. The average molecular weight is 442 g/mol. The van der Waals surface area contributed by atoms with E-state index >= 15 is 0 Å². The lowest BCUT2D eigenvalue weighted by Crippen LogP contribution is -2.58. The van der Waals surface area contributed by atoms with E-state index < -0.39 is 0 Å². The van der Waals surface area contributed by atoms with Gasteiger partial charge in [0.15, 0.2) is 5.78 Å². The van der Waals surface area contributed by atoms with Crippen LogP contribution in [0, 0.1) is 18.8 Å². The Morgan fingerprint density at radius 3 is 1.87 bits per heavy atom. The van der Waals surface area contributed by atoms with E-state index in [0.29, 0.717) is 12.3 Å². The van der Waals surface area contributed by atoms with E-state index in [1.807, 2.05) is 19.9 Å². The molecule has 5 nitrogen and oxygen atoms in total. The Bertz CT molecular complexity index is 449. The molecule has 1 aliphatic heterocycles. The predicted octanol–water partition coefficient (Wildman–Crippen LogP) is 5.79. The summed E-state index contributed by atoms with van der Waals surface area (Å²) < 4.78 is 0. The Hall–Kier alpha value is -1.45. The van der Waals surface area contributed by atoms with Gasteiger partial charge in [-0.3, -0.25) is 4.79 Å². The van der Waals surface area contributed by atoms with Gasteiger partial charge in [0.05, 0.1) is 6.61 Å². The second-order valence-corrected chi connectivity index (χ2v) is 8.20. The molecule has 1 rings (SSSR count). The lowest BCUT2D eigenvalue weighted by molar-refractivity contribution is -0.251. The van der Waals surface area contributed by atoms with E-state index in [1.54, 1.807) is 0 Å². The molecule has 0 aliphatic carbocycles. The second-order valence-electron chi connectivity index (χ2n) is 8.20. The van der Waals surface area contributed by atoms with Crippen LogP contribution in [0.25, 0.3) is 0 Å². The topological polar surface area (TPSA) is 81.0 Å². The number of unbranched alkanes of at least 4 members (excludes halogenated alkanes) is 1. The summed E-state index contributed by atoms with van der Waals surface area (Å²) in [4.78, 5) is 11.5. The summed E-state index contributed by atoms with van der Waals surface area (Å²) in [5.41, 5.74) is -0.377. The van der Waals surface area contributed by atoms with Crippen molar-refractivity contribution in [1.82, 2.24) is 5.06 Å². The first kappa shape index (κ1) is 36.9. The van der Waals surface area contributed by atoms with Crippen molar-refractivity contribution in [3.05, 3.63) is 24.8 Å². The molecule has 0 aromatic heterocycles. The number of ketones is 1. The fourth-order valence-corrected chi connectivity index (χ4v) is 3.68. The summed E-state index contributed by atoms with van der Waals surface area (Å²) in [5.74, 6) is 0.691. The highest BCUT2D eigenvalue weighted by Gasteiger charge is 2.44. The Balaban J connectivity index is -0.000000312. The molecule has 0 amide bonds. The number of rotatable bonds is 8. The summed E-state index contributed by atoms with van der Waals surface area (Å²) in [6.45, 7) is 17.8. The minimum atomic E-state index is -0.188. The normalized spacial score (nSPS) is 16.7. The second kappa shape index (κ2) is 23.2. The largest absolute Gasteiger partial charge is 0.400 e. The fourth-order valence-electron chi connectivity index (χ4n) is 3.68. The first-order chi connectivity index (χ1) is 14.6. The minimum Gasteiger partial charge on any atom is -0.400 e. The fraction of sp³-hybridized carbons (Fsp3) is 0.731. The summed E-state index contributed by atoms with van der Waals surface area (Å²) >= 11 is 0. The number of carbonyl (C=O) groups is 1. The van der Waals surface area contributed by atoms with Crippen molar-refractivity contribution < 1.29 is 20.2 Å². The zero-order chi connectivity index (χ0) is 25.5. The van der Waals surface area contributed by atoms with Crippen LogP contribution >= 0.6 is 0 Å². The molecule has 0 aromatic carbocycles. The Kier molecular flexibility index (Phi) is 27.6. The highest BCUT2D eigenvalue weighted by Crippen LogP contribution is 2.41. The number of aliphatic hydroxyl groups is 2. The third-order valence-corrected chi connectivity index (χ3v) is 4.71. The van der Waals surface area contributed by atoms with Crippen LogP contribution in [-0.4, -0.2) is 51.1 Å². The molecule has 1 saturated heterocycles. The molecular weight excluding hydrogens is 390 g/mol. The smallest absolute Gasteiger partial charge is 0.155 e. The van der Waals surface area contributed by atoms with Gasteiger partial charge in [-0.1, -0.05) is 45.8 Å². The molecule has 0 atom stereocenters. The maximum Gasteiger partial charge on any atom is 0.155 e. The number of aliphatic hydroxyl groups excluding tert-OH is 2. The van der Waals surface area contributed by atoms with Crippen LogP contribution in [0.3, 0.4) is 0 Å². The van der Waals surface area contributed by atoms with Gasteiger partial charge in [0, 0.05) is 24.6 Å². The molecule has 0 bridgehead atoms. The van der Waals surface area contributed by atoms with Crippen LogP contribution in [0.5, 0.6) is 0 Å². The van der Waals surface area contributed by atoms with Gasteiger partial charge in [0.2, 0.25) is 0 Å². The van der Waals surface area contributed by atoms with Gasteiger partial charge in [-0.2, -0.15) is 5.06 Å². The Labute approximate surface area is 193 Å². The summed E-state index contributed by atoms with van der Waals surface area (Å²) in [7, 11) is 1.00. The first-order valence-corrected chi connectivity index (χ1v) is 11.3. The van der Waals surface area contributed by atoms with Gasteiger partial charge < -0.3 is 15.4 Å². The zero-order valence-corrected chi connectivity index (χ0v) is 21.5. The van der Waals surface area contributed by atoms with Crippen LogP contribution in [0.2, 0.25) is 0 Å². The third-order valence-electron chi connectivity index (χ3n) is 4.71. The van der Waals surface area contributed by atoms with E-state index in [-0.39, 0.29) is 23.5 Å². The SMILES string of the molecule is C#C.C=CCC.CC.CC1(C)CC(CCCCC(=O)/C=C/CO)CC(C)(C)N1O.CO. The van der Waals surface area contributed by atoms with Gasteiger partial charge in [0.25, 0.3) is 0 Å². The van der Waals surface area contributed by atoms with Crippen LogP contribution in [0.1, 0.15) is 93.4 Å². The molecule has 0 saturated carbocycles. The van der Waals surface area contributed by atoms with Crippen molar-refractivity contribution in [2.45, 2.75) is 104 Å². The monoisotopic (exact) mass is 441 g/mol. The summed E-state index contributed by atoms with van der Waals surface area (Å²) in [6.07, 6.45) is 19.5. The number of piperidine rings is 1. The first-order valence-electron chi connectivity index (χ1n) is 11.3. The number of allylic oxidation sites excluding steroid dienone is 2. The maximum atomic E-state index is 11.5. The zero-order valence-electron chi connectivity index (χ0n) is 21.5. The molecular formula is C26H51NO4. The van der Waals surface area contributed by atoms with Crippen molar-refractivity contribution in [3.63, 3.8) is 0 Å². The Morgan fingerprint density at radius 2 is 1.52 bits per heavy atom. The predicted molar refractivity (Wildman–Crippen MR) is 134 cm³/mol. The number of terminal acetylenes is 1. The molecule has 3 N–H and O–H groups in total. The van der Waals surface area contributed by atoms with Gasteiger partial charge >= 0.3 is 0 Å². The number of hydroxylamine groups is 2. The molecule has 0 aromatic rings. The lowest BCUT2D eigenvalue weighted by Gasteiger charge is -2.51. The van der Waals surface area contributed by atoms with Crippen molar-refractivity contribution in [2.75, 3.05) is 13.7 Å². The van der Waals surface area contributed by atoms with E-state index in [1.165, 1.54) is 17.2 Å². The van der Waals surface area contributed by atoms with Gasteiger partial charge in [0.1, 0.15) is 0 Å². The van der Waals surface area contributed by atoms with Crippen molar-refractivity contribution in [2.24, 2.45) is 5.92 Å². The van der Waals surface area contributed by atoms with E-state index in [4.69, 9.17) is 10.2 Å². The minimum absolute atomic E-state index is 0.0738. The summed E-state index contributed by atoms with van der Waals surface area (Å²) in [6, 6.07) is 0.